The van der Waals surface area contributed by atoms with Gasteiger partial charge in [-0.1, -0.05) is 13.0 Å². The number of rotatable bonds is 9. The van der Waals surface area contributed by atoms with E-state index in [0.717, 1.165) is 25.4 Å². The van der Waals surface area contributed by atoms with E-state index < -0.39 is 0 Å². The van der Waals surface area contributed by atoms with Crippen LogP contribution in [0, 0.1) is 0 Å². The molecular formula is C17H30N2O2. The van der Waals surface area contributed by atoms with Crippen LogP contribution in [0.1, 0.15) is 37.9 Å². The molecule has 0 saturated heterocycles. The van der Waals surface area contributed by atoms with Gasteiger partial charge in [0.1, 0.15) is 5.75 Å². The van der Waals surface area contributed by atoms with Crippen molar-refractivity contribution < 1.29 is 9.47 Å². The molecule has 0 aromatic heterocycles. The maximum Gasteiger partial charge on any atom is 0.123 e. The molecule has 1 N–H and O–H groups in total. The first kappa shape index (κ1) is 18.0. The van der Waals surface area contributed by atoms with Crippen LogP contribution >= 0.6 is 0 Å². The Balaban J connectivity index is 2.89. The van der Waals surface area contributed by atoms with Gasteiger partial charge in [0, 0.05) is 31.3 Å². The Morgan fingerprint density at radius 3 is 2.52 bits per heavy atom. The monoisotopic (exact) mass is 294 g/mol. The van der Waals surface area contributed by atoms with Crippen LogP contribution < -0.4 is 10.1 Å². The molecule has 4 nitrogen and oxygen atoms in total. The normalized spacial score (nSPS) is 14.2. The molecule has 0 aliphatic heterocycles. The van der Waals surface area contributed by atoms with Crippen LogP contribution in [-0.2, 0) is 11.3 Å². The quantitative estimate of drug-likeness (QED) is 0.759. The Morgan fingerprint density at radius 2 is 1.95 bits per heavy atom. The molecule has 1 aromatic carbocycles. The molecule has 0 fully saturated rings. The van der Waals surface area contributed by atoms with Gasteiger partial charge < -0.3 is 14.8 Å². The van der Waals surface area contributed by atoms with Gasteiger partial charge in [0.25, 0.3) is 0 Å². The zero-order valence-electron chi connectivity index (χ0n) is 14.3. The predicted octanol–water partition coefficient (Wildman–Crippen LogP) is 2.83. The van der Waals surface area contributed by atoms with E-state index in [4.69, 9.17) is 9.47 Å². The zero-order valence-corrected chi connectivity index (χ0v) is 14.3. The number of nitrogens with zero attached hydrogens (tertiary/aromatic N) is 1. The summed E-state index contributed by atoms with van der Waals surface area (Å²) < 4.78 is 10.7. The van der Waals surface area contributed by atoms with Crippen molar-refractivity contribution in [1.29, 1.82) is 0 Å². The van der Waals surface area contributed by atoms with E-state index in [-0.39, 0.29) is 0 Å². The minimum atomic E-state index is 0.348. The summed E-state index contributed by atoms with van der Waals surface area (Å²) in [6.45, 7) is 9.02. The second-order valence-corrected chi connectivity index (χ2v) is 5.57. The van der Waals surface area contributed by atoms with Gasteiger partial charge in [-0.3, -0.25) is 4.90 Å². The summed E-state index contributed by atoms with van der Waals surface area (Å²) in [6.07, 6.45) is 0. The molecule has 0 amide bonds. The average Bonchev–Trinajstić information content (AvgIpc) is 2.47. The summed E-state index contributed by atoms with van der Waals surface area (Å²) in [5.74, 6) is 0.943. The zero-order chi connectivity index (χ0) is 15.8. The topological polar surface area (TPSA) is 33.7 Å². The third kappa shape index (κ3) is 5.30. The van der Waals surface area contributed by atoms with Gasteiger partial charge in [0.05, 0.1) is 13.7 Å². The van der Waals surface area contributed by atoms with Crippen molar-refractivity contribution in [3.63, 3.8) is 0 Å². The Morgan fingerprint density at radius 1 is 1.24 bits per heavy atom. The molecule has 4 heteroatoms. The Labute approximate surface area is 129 Å². The van der Waals surface area contributed by atoms with E-state index in [2.05, 4.69) is 56.2 Å². The van der Waals surface area contributed by atoms with Crippen molar-refractivity contribution in [2.75, 3.05) is 34.4 Å². The molecule has 0 radical (unpaired) electrons. The second kappa shape index (κ2) is 9.03. The minimum Gasteiger partial charge on any atom is -0.496 e. The summed E-state index contributed by atoms with van der Waals surface area (Å²) in [4.78, 5) is 2.28. The molecule has 1 rings (SSSR count). The Hall–Kier alpha value is -1.10. The summed E-state index contributed by atoms with van der Waals surface area (Å²) >= 11 is 0. The van der Waals surface area contributed by atoms with Crippen molar-refractivity contribution in [3.05, 3.63) is 29.3 Å². The number of hydrogen-bond acceptors (Lipinski definition) is 4. The van der Waals surface area contributed by atoms with Gasteiger partial charge >= 0.3 is 0 Å². The SMILES string of the molecule is CCNC(C)c1ccc(OC)c(CN(C)C(C)COC)c1. The van der Waals surface area contributed by atoms with Gasteiger partial charge in [0.15, 0.2) is 0 Å². The van der Waals surface area contributed by atoms with Gasteiger partial charge in [-0.05, 0) is 45.1 Å². The minimum absolute atomic E-state index is 0.348. The van der Waals surface area contributed by atoms with Crippen LogP contribution in [0.3, 0.4) is 0 Å². The van der Waals surface area contributed by atoms with Gasteiger partial charge in [-0.25, -0.2) is 0 Å². The van der Waals surface area contributed by atoms with Crippen LogP contribution in [0.2, 0.25) is 0 Å². The lowest BCUT2D eigenvalue weighted by molar-refractivity contribution is 0.111. The number of hydrogen-bond donors (Lipinski definition) is 1. The largest absolute Gasteiger partial charge is 0.496 e. The van der Waals surface area contributed by atoms with E-state index >= 15 is 0 Å². The summed E-state index contributed by atoms with van der Waals surface area (Å²) in [5, 5.41) is 3.45. The number of benzene rings is 1. The Bertz CT molecular complexity index is 423. The highest BCUT2D eigenvalue weighted by Gasteiger charge is 2.14. The molecule has 0 spiro atoms. The first-order chi connectivity index (χ1) is 10.0. The molecule has 0 aliphatic rings. The van der Waals surface area contributed by atoms with E-state index in [1.54, 1.807) is 14.2 Å². The lowest BCUT2D eigenvalue weighted by Gasteiger charge is -2.25. The van der Waals surface area contributed by atoms with Crippen molar-refractivity contribution in [1.82, 2.24) is 10.2 Å². The number of likely N-dealkylation sites (N-methyl/N-ethyl adjacent to an activating group) is 1. The fourth-order valence-electron chi connectivity index (χ4n) is 2.41. The molecule has 0 aliphatic carbocycles. The molecule has 21 heavy (non-hydrogen) atoms. The smallest absolute Gasteiger partial charge is 0.123 e. The molecule has 2 atom stereocenters. The van der Waals surface area contributed by atoms with E-state index in [1.165, 1.54) is 11.1 Å². The van der Waals surface area contributed by atoms with Crippen LogP contribution in [-0.4, -0.2) is 45.4 Å². The molecule has 2 unspecified atom stereocenters. The van der Waals surface area contributed by atoms with E-state index in [0.29, 0.717) is 12.1 Å². The van der Waals surface area contributed by atoms with Gasteiger partial charge in [0.2, 0.25) is 0 Å². The predicted molar refractivity (Wildman–Crippen MR) is 87.9 cm³/mol. The maximum atomic E-state index is 5.50. The van der Waals surface area contributed by atoms with Crippen molar-refractivity contribution >= 4 is 0 Å². The average molecular weight is 294 g/mol. The lowest BCUT2D eigenvalue weighted by Crippen LogP contribution is -2.32. The third-order valence-corrected chi connectivity index (χ3v) is 3.89. The first-order valence-corrected chi connectivity index (χ1v) is 7.62. The standard InChI is InChI=1S/C17H30N2O2/c1-7-18-14(3)15-8-9-17(21-6)16(10-15)11-19(4)13(2)12-20-5/h8-10,13-14,18H,7,11-12H2,1-6H3. The summed E-state index contributed by atoms with van der Waals surface area (Å²) in [7, 11) is 5.58. The van der Waals surface area contributed by atoms with Crippen molar-refractivity contribution in [2.24, 2.45) is 0 Å². The highest BCUT2D eigenvalue weighted by Crippen LogP contribution is 2.25. The molecule has 0 bridgehead atoms. The van der Waals surface area contributed by atoms with Crippen LogP contribution in [0.4, 0.5) is 0 Å². The van der Waals surface area contributed by atoms with E-state index in [9.17, 15) is 0 Å². The van der Waals surface area contributed by atoms with E-state index in [1.807, 2.05) is 0 Å². The van der Waals surface area contributed by atoms with Gasteiger partial charge in [-0.15, -0.1) is 0 Å². The molecule has 0 saturated carbocycles. The number of nitrogens with one attached hydrogen (secondary N) is 1. The van der Waals surface area contributed by atoms with Crippen LogP contribution in [0.15, 0.2) is 18.2 Å². The fraction of sp³-hybridized carbons (Fsp3) is 0.647. The number of methoxy groups -OCH3 is 2. The van der Waals surface area contributed by atoms with Gasteiger partial charge in [-0.2, -0.15) is 0 Å². The molecular weight excluding hydrogens is 264 g/mol. The summed E-state index contributed by atoms with van der Waals surface area (Å²) in [5.41, 5.74) is 2.51. The number of ether oxygens (including phenoxy) is 2. The van der Waals surface area contributed by atoms with Crippen LogP contribution in [0.25, 0.3) is 0 Å². The maximum absolute atomic E-state index is 5.50. The molecule has 1 aromatic rings. The Kier molecular flexibility index (Phi) is 7.72. The van der Waals surface area contributed by atoms with Crippen molar-refractivity contribution in [2.45, 2.75) is 39.4 Å². The summed E-state index contributed by atoms with van der Waals surface area (Å²) in [6, 6.07) is 7.15. The van der Waals surface area contributed by atoms with Crippen LogP contribution in [0.5, 0.6) is 5.75 Å². The lowest BCUT2D eigenvalue weighted by atomic mass is 10.0. The third-order valence-electron chi connectivity index (χ3n) is 3.89. The van der Waals surface area contributed by atoms with Crippen molar-refractivity contribution in [3.8, 4) is 5.75 Å². The molecule has 0 heterocycles. The fourth-order valence-corrected chi connectivity index (χ4v) is 2.41. The first-order valence-electron chi connectivity index (χ1n) is 7.62. The highest BCUT2D eigenvalue weighted by molar-refractivity contribution is 5.38. The molecule has 120 valence electrons. The highest BCUT2D eigenvalue weighted by atomic mass is 16.5. The second-order valence-electron chi connectivity index (χ2n) is 5.57.